The molecule has 1 aromatic rings. The van der Waals surface area contributed by atoms with Gasteiger partial charge in [-0.2, -0.15) is 0 Å². The zero-order valence-corrected chi connectivity index (χ0v) is 9.28. The van der Waals surface area contributed by atoms with Crippen molar-refractivity contribution < 1.29 is 0 Å². The highest BCUT2D eigenvalue weighted by Gasteiger charge is 2.13. The van der Waals surface area contributed by atoms with Gasteiger partial charge >= 0.3 is 5.69 Å². The van der Waals surface area contributed by atoms with E-state index in [0.29, 0.717) is 5.56 Å². The third-order valence-corrected chi connectivity index (χ3v) is 2.39. The maximum atomic E-state index is 11.6. The van der Waals surface area contributed by atoms with Crippen LogP contribution in [0.2, 0.25) is 0 Å². The first kappa shape index (κ1) is 11.5. The number of nitrogens with one attached hydrogen (secondary N) is 1. The third-order valence-electron chi connectivity index (χ3n) is 2.39. The van der Waals surface area contributed by atoms with Crippen molar-refractivity contribution in [3.8, 4) is 0 Å². The lowest BCUT2D eigenvalue weighted by molar-refractivity contribution is 0.432. The van der Waals surface area contributed by atoms with Crippen LogP contribution in [-0.2, 0) is 0 Å². The highest BCUT2D eigenvalue weighted by atomic mass is 16.2. The number of rotatable bonds is 3. The predicted octanol–water partition coefficient (Wildman–Crippen LogP) is 1.23. The fraction of sp³-hybridized carbons (Fsp3) is 0.455. The van der Waals surface area contributed by atoms with Gasteiger partial charge in [0, 0.05) is 11.8 Å². The first-order chi connectivity index (χ1) is 6.97. The predicted molar refractivity (Wildman–Crippen MR) is 60.1 cm³/mol. The number of aryl methyl sites for hydroxylation is 1. The molecule has 0 saturated heterocycles. The van der Waals surface area contributed by atoms with Crippen molar-refractivity contribution in [3.05, 3.63) is 45.3 Å². The zero-order valence-electron chi connectivity index (χ0n) is 9.28. The number of aromatic amines is 1. The van der Waals surface area contributed by atoms with E-state index in [2.05, 4.69) is 11.6 Å². The smallest absolute Gasteiger partial charge is 0.293 e. The Morgan fingerprint density at radius 2 is 2.07 bits per heavy atom. The summed E-state index contributed by atoms with van der Waals surface area (Å²) < 4.78 is 1.51. The van der Waals surface area contributed by atoms with Gasteiger partial charge < -0.3 is 0 Å². The molecular formula is C11H16N2O2. The largest absolute Gasteiger partial charge is 0.328 e. The molecule has 0 spiro atoms. The van der Waals surface area contributed by atoms with Gasteiger partial charge in [0.2, 0.25) is 0 Å². The van der Waals surface area contributed by atoms with Crippen molar-refractivity contribution in [3.63, 3.8) is 0 Å². The maximum Gasteiger partial charge on any atom is 0.328 e. The molecule has 1 atom stereocenters. The quantitative estimate of drug-likeness (QED) is 0.759. The van der Waals surface area contributed by atoms with Crippen LogP contribution in [0.3, 0.4) is 0 Å². The second kappa shape index (κ2) is 4.29. The summed E-state index contributed by atoms with van der Waals surface area (Å²) in [6, 6.07) is -0.0898. The molecule has 82 valence electrons. The molecule has 1 unspecified atom stereocenters. The molecule has 1 aromatic heterocycles. The molecule has 1 heterocycles. The average molecular weight is 208 g/mol. The van der Waals surface area contributed by atoms with Gasteiger partial charge in [-0.1, -0.05) is 19.9 Å². The molecule has 0 radical (unpaired) electrons. The van der Waals surface area contributed by atoms with Crippen molar-refractivity contribution in [1.29, 1.82) is 0 Å². The molecule has 0 fully saturated rings. The summed E-state index contributed by atoms with van der Waals surface area (Å²) in [6.07, 6.45) is 3.29. The van der Waals surface area contributed by atoms with E-state index in [4.69, 9.17) is 0 Å². The summed E-state index contributed by atoms with van der Waals surface area (Å²) in [5.41, 5.74) is -0.186. The zero-order chi connectivity index (χ0) is 11.6. The number of hydrogen-bond donors (Lipinski definition) is 1. The van der Waals surface area contributed by atoms with E-state index in [1.807, 2.05) is 13.8 Å². The molecule has 0 aliphatic carbocycles. The summed E-state index contributed by atoms with van der Waals surface area (Å²) in [6.45, 7) is 9.37. The number of allylic oxidation sites excluding steroid dienone is 1. The van der Waals surface area contributed by atoms with Crippen molar-refractivity contribution >= 4 is 0 Å². The van der Waals surface area contributed by atoms with E-state index in [1.165, 1.54) is 4.57 Å². The van der Waals surface area contributed by atoms with Gasteiger partial charge in [-0.3, -0.25) is 14.3 Å². The summed E-state index contributed by atoms with van der Waals surface area (Å²) in [5.74, 6) is 0.255. The van der Waals surface area contributed by atoms with E-state index in [-0.39, 0.29) is 23.2 Å². The number of aromatic nitrogens is 2. The van der Waals surface area contributed by atoms with E-state index < -0.39 is 0 Å². The molecule has 4 nitrogen and oxygen atoms in total. The highest BCUT2D eigenvalue weighted by molar-refractivity contribution is 5.03. The molecule has 0 amide bonds. The Bertz CT molecular complexity index is 468. The Kier molecular flexibility index (Phi) is 3.29. The SMILES string of the molecule is C=CC(C(C)C)n1cc(C)c(=O)[nH]c1=O. The van der Waals surface area contributed by atoms with Gasteiger partial charge in [0.05, 0.1) is 6.04 Å². The fourth-order valence-corrected chi connectivity index (χ4v) is 1.51. The van der Waals surface area contributed by atoms with E-state index in [9.17, 15) is 9.59 Å². The standard InChI is InChI=1S/C11H16N2O2/c1-5-9(7(2)3)13-6-8(4)10(14)12-11(13)15/h5-7,9H,1H2,2-4H3,(H,12,14,15). The van der Waals surface area contributed by atoms with Crippen LogP contribution in [0.5, 0.6) is 0 Å². The monoisotopic (exact) mass is 208 g/mol. The highest BCUT2D eigenvalue weighted by Crippen LogP contribution is 2.15. The lowest BCUT2D eigenvalue weighted by Gasteiger charge is -2.19. The topological polar surface area (TPSA) is 54.9 Å². The summed E-state index contributed by atoms with van der Waals surface area (Å²) in [7, 11) is 0. The lowest BCUT2D eigenvalue weighted by Crippen LogP contribution is -2.34. The molecule has 0 aromatic carbocycles. The number of hydrogen-bond acceptors (Lipinski definition) is 2. The van der Waals surface area contributed by atoms with Crippen LogP contribution in [-0.4, -0.2) is 9.55 Å². The normalized spacial score (nSPS) is 12.8. The third kappa shape index (κ3) is 2.26. The Morgan fingerprint density at radius 1 is 1.47 bits per heavy atom. The molecule has 15 heavy (non-hydrogen) atoms. The molecule has 1 N–H and O–H groups in total. The van der Waals surface area contributed by atoms with E-state index in [0.717, 1.165) is 0 Å². The van der Waals surface area contributed by atoms with Crippen molar-refractivity contribution in [1.82, 2.24) is 9.55 Å². The van der Waals surface area contributed by atoms with Crippen molar-refractivity contribution in [2.75, 3.05) is 0 Å². The van der Waals surface area contributed by atoms with Crippen LogP contribution in [0, 0.1) is 12.8 Å². The van der Waals surface area contributed by atoms with Gasteiger partial charge in [-0.25, -0.2) is 4.79 Å². The van der Waals surface area contributed by atoms with Crippen LogP contribution >= 0.6 is 0 Å². The lowest BCUT2D eigenvalue weighted by atomic mass is 10.0. The Morgan fingerprint density at radius 3 is 2.53 bits per heavy atom. The Hall–Kier alpha value is -1.58. The second-order valence-electron chi connectivity index (χ2n) is 3.95. The van der Waals surface area contributed by atoms with Crippen LogP contribution in [0.1, 0.15) is 25.5 Å². The van der Waals surface area contributed by atoms with Crippen LogP contribution < -0.4 is 11.2 Å². The van der Waals surface area contributed by atoms with Crippen LogP contribution in [0.15, 0.2) is 28.4 Å². The Labute approximate surface area is 88.3 Å². The molecule has 0 saturated carbocycles. The van der Waals surface area contributed by atoms with Crippen molar-refractivity contribution in [2.24, 2.45) is 5.92 Å². The first-order valence-electron chi connectivity index (χ1n) is 4.92. The van der Waals surface area contributed by atoms with Crippen molar-refractivity contribution in [2.45, 2.75) is 26.8 Å². The first-order valence-corrected chi connectivity index (χ1v) is 4.92. The molecule has 0 aliphatic rings. The van der Waals surface area contributed by atoms with E-state index in [1.54, 1.807) is 19.2 Å². The fourth-order valence-electron chi connectivity index (χ4n) is 1.51. The minimum atomic E-state index is -0.385. The minimum Gasteiger partial charge on any atom is -0.293 e. The summed E-state index contributed by atoms with van der Waals surface area (Å²) in [4.78, 5) is 25.0. The summed E-state index contributed by atoms with van der Waals surface area (Å²) in [5, 5.41) is 0. The molecular weight excluding hydrogens is 192 g/mol. The molecule has 0 aliphatic heterocycles. The molecule has 4 heteroatoms. The van der Waals surface area contributed by atoms with E-state index >= 15 is 0 Å². The molecule has 1 rings (SSSR count). The van der Waals surface area contributed by atoms with Gasteiger partial charge in [-0.05, 0) is 12.8 Å². The minimum absolute atomic E-state index is 0.0898. The van der Waals surface area contributed by atoms with Gasteiger partial charge in [-0.15, -0.1) is 6.58 Å². The molecule has 0 bridgehead atoms. The van der Waals surface area contributed by atoms with Gasteiger partial charge in [0.25, 0.3) is 5.56 Å². The van der Waals surface area contributed by atoms with Gasteiger partial charge in [0.1, 0.15) is 0 Å². The van der Waals surface area contributed by atoms with Crippen LogP contribution in [0.4, 0.5) is 0 Å². The second-order valence-corrected chi connectivity index (χ2v) is 3.95. The summed E-state index contributed by atoms with van der Waals surface area (Å²) >= 11 is 0. The number of H-pyrrole nitrogens is 1. The maximum absolute atomic E-state index is 11.6. The van der Waals surface area contributed by atoms with Gasteiger partial charge in [0.15, 0.2) is 0 Å². The van der Waals surface area contributed by atoms with Crippen LogP contribution in [0.25, 0.3) is 0 Å². The average Bonchev–Trinajstić information content (AvgIpc) is 2.14. The number of nitrogens with zero attached hydrogens (tertiary/aromatic N) is 1. The Balaban J connectivity index is 3.37.